The van der Waals surface area contributed by atoms with Crippen molar-refractivity contribution in [3.63, 3.8) is 0 Å². The van der Waals surface area contributed by atoms with Gasteiger partial charge >= 0.3 is 0 Å². The highest BCUT2D eigenvalue weighted by atomic mass is 16.2. The van der Waals surface area contributed by atoms with Gasteiger partial charge in [-0.3, -0.25) is 14.6 Å². The van der Waals surface area contributed by atoms with E-state index in [1.165, 1.54) is 0 Å². The summed E-state index contributed by atoms with van der Waals surface area (Å²) in [6.45, 7) is 1.75. The molecule has 3 aromatic rings. The van der Waals surface area contributed by atoms with Gasteiger partial charge in [-0.1, -0.05) is 24.3 Å². The van der Waals surface area contributed by atoms with Crippen molar-refractivity contribution in [3.05, 3.63) is 66.1 Å². The number of piperidine rings is 1. The van der Waals surface area contributed by atoms with E-state index in [1.54, 1.807) is 12.4 Å². The van der Waals surface area contributed by atoms with Crippen LogP contribution in [0.3, 0.4) is 0 Å². The Hall–Kier alpha value is -3.15. The number of para-hydroxylation sites is 1. The van der Waals surface area contributed by atoms with E-state index in [-0.39, 0.29) is 17.7 Å². The van der Waals surface area contributed by atoms with E-state index in [2.05, 4.69) is 15.3 Å². The van der Waals surface area contributed by atoms with Crippen molar-refractivity contribution in [2.75, 3.05) is 13.1 Å². The third-order valence-electron chi connectivity index (χ3n) is 5.42. The minimum absolute atomic E-state index is 0.0335. The SMILES string of the molecule is O=C(NCc1cccnc1)C1CCN(C(=O)Cc2c[nH]c3ccccc23)CC1. The Kier molecular flexibility index (Phi) is 5.37. The highest BCUT2D eigenvalue weighted by molar-refractivity contribution is 5.89. The number of likely N-dealkylation sites (tertiary alicyclic amines) is 1. The van der Waals surface area contributed by atoms with E-state index in [1.807, 2.05) is 47.5 Å². The van der Waals surface area contributed by atoms with Gasteiger partial charge in [0.2, 0.25) is 11.8 Å². The third-order valence-corrected chi connectivity index (χ3v) is 5.42. The van der Waals surface area contributed by atoms with Crippen molar-refractivity contribution in [1.82, 2.24) is 20.2 Å². The van der Waals surface area contributed by atoms with Crippen molar-refractivity contribution in [2.24, 2.45) is 5.92 Å². The zero-order valence-electron chi connectivity index (χ0n) is 15.7. The first-order valence-electron chi connectivity index (χ1n) is 9.70. The van der Waals surface area contributed by atoms with Crippen LogP contribution in [0.5, 0.6) is 0 Å². The van der Waals surface area contributed by atoms with Gasteiger partial charge in [-0.25, -0.2) is 0 Å². The molecule has 1 saturated heterocycles. The average molecular weight is 376 g/mol. The second-order valence-electron chi connectivity index (χ2n) is 7.27. The van der Waals surface area contributed by atoms with Gasteiger partial charge in [0.15, 0.2) is 0 Å². The Morgan fingerprint density at radius 3 is 2.75 bits per heavy atom. The van der Waals surface area contributed by atoms with Crippen LogP contribution in [-0.4, -0.2) is 39.8 Å². The Labute approximate surface area is 164 Å². The Morgan fingerprint density at radius 2 is 1.96 bits per heavy atom. The Bertz CT molecular complexity index is 959. The number of rotatable bonds is 5. The Balaban J connectivity index is 1.27. The van der Waals surface area contributed by atoms with Crippen molar-refractivity contribution in [3.8, 4) is 0 Å². The fourth-order valence-corrected chi connectivity index (χ4v) is 3.78. The number of nitrogens with one attached hydrogen (secondary N) is 2. The number of H-pyrrole nitrogens is 1. The van der Waals surface area contributed by atoms with E-state index in [0.717, 1.165) is 22.0 Å². The molecule has 1 aliphatic rings. The molecular formula is C22H24N4O2. The lowest BCUT2D eigenvalue weighted by Gasteiger charge is -2.31. The highest BCUT2D eigenvalue weighted by Crippen LogP contribution is 2.21. The zero-order chi connectivity index (χ0) is 19.3. The number of fused-ring (bicyclic) bond motifs is 1. The largest absolute Gasteiger partial charge is 0.361 e. The number of amides is 2. The number of hydrogen-bond donors (Lipinski definition) is 2. The number of aromatic amines is 1. The number of nitrogens with zero attached hydrogens (tertiary/aromatic N) is 2. The number of hydrogen-bond acceptors (Lipinski definition) is 3. The molecule has 28 heavy (non-hydrogen) atoms. The van der Waals surface area contributed by atoms with E-state index < -0.39 is 0 Å². The standard InChI is InChI=1S/C22H24N4O2/c27-21(12-18-15-24-20-6-2-1-5-19(18)20)26-10-7-17(8-11-26)22(28)25-14-16-4-3-9-23-13-16/h1-6,9,13,15,17,24H,7-8,10-12,14H2,(H,25,28). The van der Waals surface area contributed by atoms with Crippen LogP contribution in [0.25, 0.3) is 10.9 Å². The first-order valence-corrected chi connectivity index (χ1v) is 9.70. The summed E-state index contributed by atoms with van der Waals surface area (Å²) in [5.74, 6) is 0.153. The van der Waals surface area contributed by atoms with Gasteiger partial charge in [0.05, 0.1) is 6.42 Å². The number of carbonyl (C=O) groups is 2. The summed E-state index contributed by atoms with van der Waals surface area (Å²) in [7, 11) is 0. The normalized spacial score (nSPS) is 14.9. The van der Waals surface area contributed by atoms with Crippen LogP contribution in [0.2, 0.25) is 0 Å². The third kappa shape index (κ3) is 4.06. The van der Waals surface area contributed by atoms with Crippen LogP contribution in [0.1, 0.15) is 24.0 Å². The smallest absolute Gasteiger partial charge is 0.227 e. The molecule has 0 radical (unpaired) electrons. The molecule has 0 saturated carbocycles. The fraction of sp³-hybridized carbons (Fsp3) is 0.318. The molecule has 0 atom stereocenters. The predicted octanol–water partition coefficient (Wildman–Crippen LogP) is 2.66. The maximum Gasteiger partial charge on any atom is 0.227 e. The highest BCUT2D eigenvalue weighted by Gasteiger charge is 2.27. The zero-order valence-corrected chi connectivity index (χ0v) is 15.7. The number of benzene rings is 1. The van der Waals surface area contributed by atoms with E-state index in [9.17, 15) is 9.59 Å². The van der Waals surface area contributed by atoms with Crippen LogP contribution < -0.4 is 5.32 Å². The summed E-state index contributed by atoms with van der Waals surface area (Å²) in [4.78, 5) is 34.3. The minimum atomic E-state index is -0.0335. The second kappa shape index (κ2) is 8.25. The van der Waals surface area contributed by atoms with Crippen LogP contribution in [-0.2, 0) is 22.6 Å². The quantitative estimate of drug-likeness (QED) is 0.719. The van der Waals surface area contributed by atoms with Crippen LogP contribution in [0, 0.1) is 5.92 Å². The van der Waals surface area contributed by atoms with Gasteiger partial charge in [0.1, 0.15) is 0 Å². The molecule has 0 bridgehead atoms. The van der Waals surface area contributed by atoms with Crippen LogP contribution in [0.4, 0.5) is 0 Å². The fourth-order valence-electron chi connectivity index (χ4n) is 3.78. The van der Waals surface area contributed by atoms with Gasteiger partial charge < -0.3 is 15.2 Å². The average Bonchev–Trinajstić information content (AvgIpc) is 3.16. The van der Waals surface area contributed by atoms with E-state index in [0.29, 0.717) is 38.9 Å². The monoisotopic (exact) mass is 376 g/mol. The van der Waals surface area contributed by atoms with Crippen LogP contribution in [0.15, 0.2) is 55.0 Å². The Morgan fingerprint density at radius 1 is 1.14 bits per heavy atom. The summed E-state index contributed by atoms with van der Waals surface area (Å²) in [6.07, 6.45) is 7.20. The van der Waals surface area contributed by atoms with Gasteiger partial charge in [0, 0.05) is 55.0 Å². The molecular weight excluding hydrogens is 352 g/mol. The summed E-state index contributed by atoms with van der Waals surface area (Å²) >= 11 is 0. The molecule has 4 rings (SSSR count). The molecule has 3 heterocycles. The maximum absolute atomic E-state index is 12.7. The van der Waals surface area contributed by atoms with E-state index in [4.69, 9.17) is 0 Å². The summed E-state index contributed by atoms with van der Waals surface area (Å²) < 4.78 is 0. The van der Waals surface area contributed by atoms with Crippen molar-refractivity contribution >= 4 is 22.7 Å². The number of aromatic nitrogens is 2. The summed E-state index contributed by atoms with van der Waals surface area (Å²) in [6, 6.07) is 11.8. The lowest BCUT2D eigenvalue weighted by Crippen LogP contribution is -2.43. The minimum Gasteiger partial charge on any atom is -0.361 e. The number of carbonyl (C=O) groups excluding carboxylic acids is 2. The molecule has 6 heteroatoms. The van der Waals surface area contributed by atoms with Crippen molar-refractivity contribution < 1.29 is 9.59 Å². The first kappa shape index (κ1) is 18.2. The molecule has 1 aromatic carbocycles. The van der Waals surface area contributed by atoms with Crippen molar-refractivity contribution in [1.29, 1.82) is 0 Å². The van der Waals surface area contributed by atoms with Gasteiger partial charge in [-0.2, -0.15) is 0 Å². The molecule has 0 spiro atoms. The molecule has 1 aliphatic heterocycles. The summed E-state index contributed by atoms with van der Waals surface area (Å²) in [5, 5.41) is 4.08. The second-order valence-corrected chi connectivity index (χ2v) is 7.27. The topological polar surface area (TPSA) is 78.1 Å². The molecule has 2 aromatic heterocycles. The maximum atomic E-state index is 12.7. The van der Waals surface area contributed by atoms with Crippen molar-refractivity contribution in [2.45, 2.75) is 25.8 Å². The molecule has 2 amide bonds. The molecule has 0 aliphatic carbocycles. The lowest BCUT2D eigenvalue weighted by atomic mass is 9.95. The molecule has 144 valence electrons. The molecule has 2 N–H and O–H groups in total. The van der Waals surface area contributed by atoms with Crippen LogP contribution >= 0.6 is 0 Å². The lowest BCUT2D eigenvalue weighted by molar-refractivity contribution is -0.135. The van der Waals surface area contributed by atoms with Gasteiger partial charge in [0.25, 0.3) is 0 Å². The molecule has 1 fully saturated rings. The van der Waals surface area contributed by atoms with Gasteiger partial charge in [-0.15, -0.1) is 0 Å². The first-order chi connectivity index (χ1) is 13.7. The molecule has 6 nitrogen and oxygen atoms in total. The summed E-state index contributed by atoms with van der Waals surface area (Å²) in [5.41, 5.74) is 3.06. The van der Waals surface area contributed by atoms with Gasteiger partial charge in [-0.05, 0) is 36.1 Å². The molecule has 0 unspecified atom stereocenters. The van der Waals surface area contributed by atoms with E-state index >= 15 is 0 Å². The number of pyridine rings is 1. The predicted molar refractivity (Wildman–Crippen MR) is 107 cm³/mol.